The number of piperidine rings is 1. The van der Waals surface area contributed by atoms with Crippen LogP contribution in [0.1, 0.15) is 30.4 Å². The number of alkyl halides is 5. The molecule has 0 bridgehead atoms. The van der Waals surface area contributed by atoms with E-state index in [2.05, 4.69) is 6.58 Å². The summed E-state index contributed by atoms with van der Waals surface area (Å²) in [5, 5.41) is 10.9. The van der Waals surface area contributed by atoms with Gasteiger partial charge in [0.15, 0.2) is 0 Å². The van der Waals surface area contributed by atoms with Crippen molar-refractivity contribution >= 4 is 11.8 Å². The molecule has 30 heavy (non-hydrogen) atoms. The third-order valence-electron chi connectivity index (χ3n) is 5.64. The summed E-state index contributed by atoms with van der Waals surface area (Å²) in [6, 6.07) is 3.02. The summed E-state index contributed by atoms with van der Waals surface area (Å²) in [6.45, 7) is 2.31. The van der Waals surface area contributed by atoms with Crippen molar-refractivity contribution in [3.05, 3.63) is 48.0 Å². The van der Waals surface area contributed by atoms with Crippen molar-refractivity contribution < 1.29 is 36.6 Å². The summed E-state index contributed by atoms with van der Waals surface area (Å²) >= 11 is 0. The van der Waals surface area contributed by atoms with E-state index in [9.17, 15) is 36.6 Å². The normalized spacial score (nSPS) is 23.3. The number of amides is 2. The number of aliphatic hydroxyl groups is 1. The SMILES string of the molecule is C=CC(=O)N1CC(F)(F)C[C@H]1C(=O)N1CCC(O)(c2cccc(C(F)(F)F)c2)CC1. The van der Waals surface area contributed by atoms with Gasteiger partial charge >= 0.3 is 6.18 Å². The lowest BCUT2D eigenvalue weighted by Gasteiger charge is -2.40. The van der Waals surface area contributed by atoms with Crippen molar-refractivity contribution in [1.29, 1.82) is 0 Å². The maximum atomic E-state index is 13.8. The fourth-order valence-electron chi connectivity index (χ4n) is 3.97. The lowest BCUT2D eigenvalue weighted by Crippen LogP contribution is -2.52. The zero-order chi connectivity index (χ0) is 22.3. The summed E-state index contributed by atoms with van der Waals surface area (Å²) < 4.78 is 66.5. The first-order chi connectivity index (χ1) is 13.9. The molecular formula is C20H21F5N2O3. The summed E-state index contributed by atoms with van der Waals surface area (Å²) in [7, 11) is 0. The van der Waals surface area contributed by atoms with E-state index in [4.69, 9.17) is 0 Å². The third-order valence-corrected chi connectivity index (χ3v) is 5.64. The average molecular weight is 432 g/mol. The smallest absolute Gasteiger partial charge is 0.385 e. The van der Waals surface area contributed by atoms with Crippen molar-refractivity contribution in [2.75, 3.05) is 19.6 Å². The van der Waals surface area contributed by atoms with Crippen molar-refractivity contribution in [1.82, 2.24) is 9.80 Å². The second-order valence-corrected chi connectivity index (χ2v) is 7.68. The lowest BCUT2D eigenvalue weighted by molar-refractivity contribution is -0.145. The highest BCUT2D eigenvalue weighted by molar-refractivity contribution is 5.93. The molecule has 2 fully saturated rings. The van der Waals surface area contributed by atoms with Crippen LogP contribution in [0.2, 0.25) is 0 Å². The Morgan fingerprint density at radius 2 is 1.83 bits per heavy atom. The zero-order valence-corrected chi connectivity index (χ0v) is 16.0. The lowest BCUT2D eigenvalue weighted by atomic mass is 9.83. The van der Waals surface area contributed by atoms with Gasteiger partial charge in [0.05, 0.1) is 17.7 Å². The number of rotatable bonds is 3. The highest BCUT2D eigenvalue weighted by atomic mass is 19.4. The molecule has 5 nitrogen and oxygen atoms in total. The molecule has 10 heteroatoms. The number of benzene rings is 1. The molecule has 2 aliphatic heterocycles. The van der Waals surface area contributed by atoms with Crippen LogP contribution >= 0.6 is 0 Å². The Balaban J connectivity index is 1.72. The molecule has 2 amide bonds. The molecule has 1 N–H and O–H groups in total. The number of halogens is 5. The Morgan fingerprint density at radius 1 is 1.20 bits per heavy atom. The maximum absolute atomic E-state index is 13.8. The highest BCUT2D eigenvalue weighted by Crippen LogP contribution is 2.38. The quantitative estimate of drug-likeness (QED) is 0.590. The fraction of sp³-hybridized carbons (Fsp3) is 0.500. The first kappa shape index (κ1) is 22.2. The molecule has 1 atom stereocenters. The molecule has 1 aromatic rings. The van der Waals surface area contributed by atoms with Gasteiger partial charge in [-0.05, 0) is 36.6 Å². The van der Waals surface area contributed by atoms with Gasteiger partial charge in [-0.1, -0.05) is 18.7 Å². The molecule has 2 heterocycles. The number of likely N-dealkylation sites (tertiary alicyclic amines) is 2. The Morgan fingerprint density at radius 3 is 2.40 bits per heavy atom. The molecule has 0 unspecified atom stereocenters. The van der Waals surface area contributed by atoms with E-state index in [0.29, 0.717) is 0 Å². The van der Waals surface area contributed by atoms with Crippen LogP contribution in [-0.4, -0.2) is 58.3 Å². The monoisotopic (exact) mass is 432 g/mol. The van der Waals surface area contributed by atoms with E-state index in [0.717, 1.165) is 23.1 Å². The van der Waals surface area contributed by atoms with Crippen LogP contribution in [0.4, 0.5) is 22.0 Å². The first-order valence-corrected chi connectivity index (χ1v) is 9.36. The largest absolute Gasteiger partial charge is 0.416 e. The van der Waals surface area contributed by atoms with Crippen LogP contribution in [0, 0.1) is 0 Å². The van der Waals surface area contributed by atoms with E-state index in [1.54, 1.807) is 0 Å². The zero-order valence-electron chi connectivity index (χ0n) is 16.0. The van der Waals surface area contributed by atoms with Crippen molar-refractivity contribution in [3.63, 3.8) is 0 Å². The second-order valence-electron chi connectivity index (χ2n) is 7.68. The molecule has 3 rings (SSSR count). The Labute approximate surface area is 169 Å². The number of carbonyl (C=O) groups excluding carboxylic acids is 2. The molecular weight excluding hydrogens is 411 g/mol. The van der Waals surface area contributed by atoms with Gasteiger partial charge < -0.3 is 14.9 Å². The minimum Gasteiger partial charge on any atom is -0.385 e. The Bertz CT molecular complexity index is 847. The molecule has 2 aliphatic rings. The molecule has 0 radical (unpaired) electrons. The van der Waals surface area contributed by atoms with Crippen LogP contribution < -0.4 is 0 Å². The van der Waals surface area contributed by atoms with E-state index in [1.807, 2.05) is 0 Å². The molecule has 0 aromatic heterocycles. The third kappa shape index (κ3) is 4.33. The summed E-state index contributed by atoms with van der Waals surface area (Å²) in [6.07, 6.45) is -4.61. The molecule has 2 saturated heterocycles. The second kappa shape index (κ2) is 7.64. The molecule has 1 aromatic carbocycles. The van der Waals surface area contributed by atoms with Gasteiger partial charge in [0.2, 0.25) is 11.8 Å². The summed E-state index contributed by atoms with van der Waals surface area (Å²) in [4.78, 5) is 26.7. The molecule has 0 aliphatic carbocycles. The predicted octanol–water partition coefficient (Wildman–Crippen LogP) is 2.94. The summed E-state index contributed by atoms with van der Waals surface area (Å²) in [5.41, 5.74) is -2.38. The first-order valence-electron chi connectivity index (χ1n) is 9.36. The molecule has 0 saturated carbocycles. The summed E-state index contributed by atoms with van der Waals surface area (Å²) in [5.74, 6) is -4.65. The standard InChI is InChI=1S/C20H21F5N2O3/c1-2-16(28)27-12-19(21,22)11-15(27)17(29)26-8-6-18(30,7-9-26)13-4-3-5-14(10-13)20(23,24)25/h2-5,10,15,30H,1,6-9,11-12H2/t15-/m0/s1. The van der Waals surface area contributed by atoms with Gasteiger partial charge in [-0.2, -0.15) is 13.2 Å². The number of hydrogen-bond donors (Lipinski definition) is 1. The minimum atomic E-state index is -4.56. The number of nitrogens with zero attached hydrogens (tertiary/aromatic N) is 2. The molecule has 0 spiro atoms. The van der Waals surface area contributed by atoms with Gasteiger partial charge in [0.1, 0.15) is 6.04 Å². The van der Waals surface area contributed by atoms with Gasteiger partial charge in [-0.25, -0.2) is 8.78 Å². The van der Waals surface area contributed by atoms with E-state index in [-0.39, 0.29) is 31.5 Å². The van der Waals surface area contributed by atoms with Crippen LogP contribution in [0.25, 0.3) is 0 Å². The van der Waals surface area contributed by atoms with Gasteiger partial charge in [-0.15, -0.1) is 0 Å². The van der Waals surface area contributed by atoms with Gasteiger partial charge in [0.25, 0.3) is 5.92 Å². The highest BCUT2D eigenvalue weighted by Gasteiger charge is 2.51. The number of carbonyl (C=O) groups is 2. The van der Waals surface area contributed by atoms with Gasteiger partial charge in [-0.3, -0.25) is 9.59 Å². The van der Waals surface area contributed by atoms with Crippen LogP contribution in [0.3, 0.4) is 0 Å². The van der Waals surface area contributed by atoms with Crippen LogP contribution in [0.15, 0.2) is 36.9 Å². The Hall–Kier alpha value is -2.49. The number of hydrogen-bond acceptors (Lipinski definition) is 3. The van der Waals surface area contributed by atoms with Crippen molar-refractivity contribution in [3.8, 4) is 0 Å². The van der Waals surface area contributed by atoms with Gasteiger partial charge in [0, 0.05) is 19.5 Å². The van der Waals surface area contributed by atoms with Crippen LogP contribution in [0.5, 0.6) is 0 Å². The van der Waals surface area contributed by atoms with E-state index >= 15 is 0 Å². The van der Waals surface area contributed by atoms with Crippen LogP contribution in [-0.2, 0) is 21.4 Å². The van der Waals surface area contributed by atoms with Crippen molar-refractivity contribution in [2.24, 2.45) is 0 Å². The minimum absolute atomic E-state index is 0.0379. The fourth-order valence-corrected chi connectivity index (χ4v) is 3.97. The average Bonchev–Trinajstić information content (AvgIpc) is 3.02. The Kier molecular flexibility index (Phi) is 5.66. The topological polar surface area (TPSA) is 60.9 Å². The molecule has 164 valence electrons. The van der Waals surface area contributed by atoms with E-state index in [1.165, 1.54) is 17.0 Å². The predicted molar refractivity (Wildman–Crippen MR) is 96.4 cm³/mol. The van der Waals surface area contributed by atoms with E-state index < -0.39 is 54.1 Å². The maximum Gasteiger partial charge on any atom is 0.416 e. The van der Waals surface area contributed by atoms with Crippen molar-refractivity contribution in [2.45, 2.75) is 43.0 Å².